The first kappa shape index (κ1) is 24.2. The molecule has 0 unspecified atom stereocenters. The first-order valence-corrected chi connectivity index (χ1v) is 11.3. The molecule has 34 heavy (non-hydrogen) atoms. The maximum absolute atomic E-state index is 12.7. The number of nitrogens with zero attached hydrogens (tertiary/aromatic N) is 5. The van der Waals surface area contributed by atoms with E-state index in [-0.39, 0.29) is 11.3 Å². The number of rotatable bonds is 4. The molecule has 1 N–H and O–H groups in total. The number of aliphatic carboxylic acids is 1. The fourth-order valence-electron chi connectivity index (χ4n) is 4.72. The Bertz CT molecular complexity index is 1030. The van der Waals surface area contributed by atoms with Crippen LogP contribution in [0.15, 0.2) is 30.7 Å². The van der Waals surface area contributed by atoms with Gasteiger partial charge in [-0.25, -0.2) is 4.79 Å². The van der Waals surface area contributed by atoms with Gasteiger partial charge in [-0.05, 0) is 56.3 Å². The maximum Gasteiger partial charge on any atom is 0.490 e. The highest BCUT2D eigenvalue weighted by Gasteiger charge is 2.46. The summed E-state index contributed by atoms with van der Waals surface area (Å²) in [7, 11) is 1.94. The van der Waals surface area contributed by atoms with Crippen LogP contribution in [0.25, 0.3) is 0 Å². The second kappa shape index (κ2) is 9.36. The molecule has 1 spiro atoms. The van der Waals surface area contributed by atoms with Crippen molar-refractivity contribution in [2.75, 3.05) is 26.7 Å². The number of carbonyl (C=O) groups excluding carboxylic acids is 1. The van der Waals surface area contributed by atoms with Crippen molar-refractivity contribution in [3.8, 4) is 0 Å². The monoisotopic (exact) mass is 479 g/mol. The van der Waals surface area contributed by atoms with Gasteiger partial charge in [-0.3, -0.25) is 19.4 Å². The third-order valence-corrected chi connectivity index (χ3v) is 6.71. The van der Waals surface area contributed by atoms with E-state index < -0.39 is 12.1 Å². The average molecular weight is 480 g/mol. The number of likely N-dealkylation sites (N-methyl/N-ethyl adjacent to an activating group) is 1. The van der Waals surface area contributed by atoms with E-state index in [9.17, 15) is 18.0 Å². The molecule has 3 aliphatic rings. The van der Waals surface area contributed by atoms with Crippen LogP contribution in [-0.2, 0) is 23.3 Å². The van der Waals surface area contributed by atoms with Crippen molar-refractivity contribution in [3.63, 3.8) is 0 Å². The number of carboxylic acid groups (broad SMARTS) is 1. The predicted molar refractivity (Wildman–Crippen MR) is 116 cm³/mol. The molecule has 0 aromatic carbocycles. The maximum atomic E-state index is 12.7. The molecule has 8 nitrogen and oxygen atoms in total. The molecule has 2 aromatic rings. The fourth-order valence-corrected chi connectivity index (χ4v) is 4.72. The van der Waals surface area contributed by atoms with Crippen LogP contribution in [0, 0.1) is 5.92 Å². The lowest BCUT2D eigenvalue weighted by Gasteiger charge is -2.45. The van der Waals surface area contributed by atoms with Crippen molar-refractivity contribution in [3.05, 3.63) is 47.5 Å². The molecular formula is C23H28F3N5O3. The van der Waals surface area contributed by atoms with Crippen molar-refractivity contribution in [2.45, 2.75) is 50.4 Å². The van der Waals surface area contributed by atoms with Gasteiger partial charge in [-0.2, -0.15) is 18.3 Å². The third kappa shape index (κ3) is 5.40. The highest BCUT2D eigenvalue weighted by molar-refractivity contribution is 5.96. The van der Waals surface area contributed by atoms with Crippen LogP contribution in [0.3, 0.4) is 0 Å². The SMILES string of the molecule is CN1CC2(CCN(Cc3cccnc3)CC2)c2nn(CC3CC3)cc2C1=O.O=C(O)C(F)(F)F. The van der Waals surface area contributed by atoms with Crippen LogP contribution >= 0.6 is 0 Å². The topological polar surface area (TPSA) is 91.6 Å². The van der Waals surface area contributed by atoms with Crippen molar-refractivity contribution in [1.29, 1.82) is 0 Å². The summed E-state index contributed by atoms with van der Waals surface area (Å²) in [6.45, 7) is 4.77. The smallest absolute Gasteiger partial charge is 0.475 e. The van der Waals surface area contributed by atoms with Gasteiger partial charge in [-0.15, -0.1) is 0 Å². The second-order valence-corrected chi connectivity index (χ2v) is 9.44. The molecule has 11 heteroatoms. The van der Waals surface area contributed by atoms with E-state index in [2.05, 4.69) is 16.0 Å². The Kier molecular flexibility index (Phi) is 6.66. The minimum atomic E-state index is -5.08. The quantitative estimate of drug-likeness (QED) is 0.725. The molecule has 2 fully saturated rings. The molecule has 5 rings (SSSR count). The number of carbonyl (C=O) groups is 2. The van der Waals surface area contributed by atoms with Crippen LogP contribution in [-0.4, -0.2) is 74.4 Å². The number of fused-ring (bicyclic) bond motifs is 2. The molecule has 184 valence electrons. The Morgan fingerprint density at radius 3 is 2.50 bits per heavy atom. The molecule has 1 aliphatic carbocycles. The summed E-state index contributed by atoms with van der Waals surface area (Å²) in [4.78, 5) is 30.2. The number of likely N-dealkylation sites (tertiary alicyclic amines) is 1. The molecule has 1 amide bonds. The van der Waals surface area contributed by atoms with Gasteiger partial charge in [0.15, 0.2) is 0 Å². The van der Waals surface area contributed by atoms with Gasteiger partial charge in [0.2, 0.25) is 0 Å². The number of carboxylic acids is 1. The summed E-state index contributed by atoms with van der Waals surface area (Å²) >= 11 is 0. The van der Waals surface area contributed by atoms with E-state index in [1.807, 2.05) is 41.3 Å². The zero-order chi connectivity index (χ0) is 24.5. The summed E-state index contributed by atoms with van der Waals surface area (Å²) in [5, 5.41) is 12.1. The van der Waals surface area contributed by atoms with Gasteiger partial charge in [0.05, 0.1) is 11.3 Å². The molecular weight excluding hydrogens is 451 g/mol. The number of aromatic nitrogens is 3. The van der Waals surface area contributed by atoms with Gasteiger partial charge < -0.3 is 10.0 Å². The number of pyridine rings is 1. The lowest BCUT2D eigenvalue weighted by Crippen LogP contribution is -2.53. The molecule has 2 aromatic heterocycles. The van der Waals surface area contributed by atoms with Crippen molar-refractivity contribution in [1.82, 2.24) is 24.6 Å². The number of hydrogen-bond acceptors (Lipinski definition) is 5. The highest BCUT2D eigenvalue weighted by Crippen LogP contribution is 2.41. The van der Waals surface area contributed by atoms with Crippen LogP contribution < -0.4 is 0 Å². The molecule has 1 saturated heterocycles. The molecule has 0 atom stereocenters. The summed E-state index contributed by atoms with van der Waals surface area (Å²) in [6, 6.07) is 4.14. The van der Waals surface area contributed by atoms with Crippen LogP contribution in [0.1, 0.15) is 47.3 Å². The standard InChI is InChI=1S/C21H27N5O.C2HF3O2/c1-24-15-21(6-9-25(10-7-21)12-17-3-2-8-22-11-17)19-18(20(24)27)14-26(23-19)13-16-4-5-16;3-2(4,5)1(6)7/h2-3,8,11,14,16H,4-7,9-10,12-13,15H2,1H3;(H,6,7). The zero-order valence-electron chi connectivity index (χ0n) is 19.0. The first-order valence-electron chi connectivity index (χ1n) is 11.3. The minimum absolute atomic E-state index is 0.0121. The lowest BCUT2D eigenvalue weighted by molar-refractivity contribution is -0.192. The van der Waals surface area contributed by atoms with Crippen molar-refractivity contribution < 1.29 is 27.9 Å². The van der Waals surface area contributed by atoms with E-state index in [0.717, 1.165) is 62.7 Å². The van der Waals surface area contributed by atoms with E-state index >= 15 is 0 Å². The number of piperidine rings is 1. The summed E-state index contributed by atoms with van der Waals surface area (Å²) < 4.78 is 33.8. The third-order valence-electron chi connectivity index (χ3n) is 6.71. The van der Waals surface area contributed by atoms with E-state index in [0.29, 0.717) is 0 Å². The van der Waals surface area contributed by atoms with E-state index in [1.165, 1.54) is 18.4 Å². The Morgan fingerprint density at radius 2 is 1.94 bits per heavy atom. The average Bonchev–Trinajstić information content (AvgIpc) is 3.50. The minimum Gasteiger partial charge on any atom is -0.475 e. The van der Waals surface area contributed by atoms with Crippen molar-refractivity contribution >= 4 is 11.9 Å². The molecule has 4 heterocycles. The predicted octanol–water partition coefficient (Wildman–Crippen LogP) is 2.94. The van der Waals surface area contributed by atoms with Gasteiger partial charge in [0.1, 0.15) is 0 Å². The van der Waals surface area contributed by atoms with Gasteiger partial charge in [0.25, 0.3) is 5.91 Å². The number of amides is 1. The molecule has 2 aliphatic heterocycles. The number of hydrogen-bond donors (Lipinski definition) is 1. The van der Waals surface area contributed by atoms with Crippen LogP contribution in [0.5, 0.6) is 0 Å². The summed E-state index contributed by atoms with van der Waals surface area (Å²) in [6.07, 6.45) is 5.41. The second-order valence-electron chi connectivity index (χ2n) is 9.44. The molecule has 1 saturated carbocycles. The Morgan fingerprint density at radius 1 is 1.26 bits per heavy atom. The lowest BCUT2D eigenvalue weighted by atomic mass is 9.72. The van der Waals surface area contributed by atoms with Crippen LogP contribution in [0.2, 0.25) is 0 Å². The zero-order valence-corrected chi connectivity index (χ0v) is 19.0. The van der Waals surface area contributed by atoms with Crippen LogP contribution in [0.4, 0.5) is 13.2 Å². The molecule has 0 radical (unpaired) electrons. The van der Waals surface area contributed by atoms with E-state index in [4.69, 9.17) is 15.0 Å². The van der Waals surface area contributed by atoms with Gasteiger partial charge >= 0.3 is 12.1 Å². The fraction of sp³-hybridized carbons (Fsp3) is 0.565. The number of alkyl halides is 3. The van der Waals surface area contributed by atoms with Gasteiger partial charge in [-0.1, -0.05) is 6.07 Å². The normalized spacial score (nSPS) is 20.0. The summed E-state index contributed by atoms with van der Waals surface area (Å²) in [5.74, 6) is -1.86. The molecule has 0 bridgehead atoms. The summed E-state index contributed by atoms with van der Waals surface area (Å²) in [5.41, 5.74) is 3.18. The van der Waals surface area contributed by atoms with E-state index in [1.54, 1.807) is 0 Å². The Hall–Kier alpha value is -2.95. The number of halogens is 3. The van der Waals surface area contributed by atoms with Gasteiger partial charge in [0, 0.05) is 50.7 Å². The first-order chi connectivity index (χ1) is 16.1. The largest absolute Gasteiger partial charge is 0.490 e. The highest BCUT2D eigenvalue weighted by atomic mass is 19.4. The van der Waals surface area contributed by atoms with Crippen molar-refractivity contribution in [2.24, 2.45) is 5.92 Å². The Balaban J connectivity index is 0.000000344. The Labute approximate surface area is 195 Å².